The minimum Gasteiger partial charge on any atom is -0.379 e. The molecule has 2 heterocycles. The monoisotopic (exact) mass is 574 g/mol. The van der Waals surface area contributed by atoms with E-state index in [-0.39, 0.29) is 10.6 Å². The van der Waals surface area contributed by atoms with Crippen LogP contribution in [0.15, 0.2) is 108 Å². The number of carbonyl (C=O) groups is 2. The summed E-state index contributed by atoms with van der Waals surface area (Å²) < 4.78 is 30.7. The maximum atomic E-state index is 13.9. The molecule has 2 fully saturated rings. The Kier molecular flexibility index (Phi) is 6.58. The minimum absolute atomic E-state index is 0.0350. The molecule has 0 aromatic heterocycles. The van der Waals surface area contributed by atoms with Crippen LogP contribution in [0.2, 0.25) is 5.02 Å². The SMILES string of the molecule is Cc1c(Cl)cccc1N1C(=O)[C@@H]2[C@H](ON(c3ccccc3)[C@H]2c2ccc(OS(=O)(=O)c3ccccc3)cc2)C1=O. The molecule has 2 saturated heterocycles. The Hall–Kier alpha value is -4.18. The first kappa shape index (κ1) is 26.1. The van der Waals surface area contributed by atoms with Crippen LogP contribution >= 0.6 is 11.6 Å². The molecule has 2 aliphatic heterocycles. The summed E-state index contributed by atoms with van der Waals surface area (Å²) in [7, 11) is -4.03. The largest absolute Gasteiger partial charge is 0.379 e. The highest BCUT2D eigenvalue weighted by atomic mass is 35.5. The van der Waals surface area contributed by atoms with Gasteiger partial charge in [-0.05, 0) is 66.6 Å². The fourth-order valence-electron chi connectivity index (χ4n) is 5.11. The van der Waals surface area contributed by atoms with Crippen LogP contribution in [0.1, 0.15) is 17.2 Å². The summed E-state index contributed by atoms with van der Waals surface area (Å²) in [6, 6.07) is 27.8. The van der Waals surface area contributed by atoms with Gasteiger partial charge in [-0.2, -0.15) is 8.42 Å². The molecule has 4 aromatic carbocycles. The molecule has 0 spiro atoms. The van der Waals surface area contributed by atoms with E-state index in [4.69, 9.17) is 20.6 Å². The van der Waals surface area contributed by atoms with Gasteiger partial charge in [-0.1, -0.05) is 66.2 Å². The summed E-state index contributed by atoms with van der Waals surface area (Å²) in [5.74, 6) is -1.63. The van der Waals surface area contributed by atoms with Crippen LogP contribution < -0.4 is 14.1 Å². The summed E-state index contributed by atoms with van der Waals surface area (Å²) in [6.45, 7) is 1.75. The molecule has 202 valence electrons. The number of amides is 2. The van der Waals surface area contributed by atoms with Crippen molar-refractivity contribution in [2.75, 3.05) is 9.96 Å². The molecule has 0 saturated carbocycles. The standard InChI is InChI=1S/C30H23ClN2O6S/c1-19-24(31)13-8-14-25(19)32-29(34)26-27(33(38-28(26)30(32)35)21-9-4-2-5-10-21)20-15-17-22(18-16-20)39-40(36,37)23-11-6-3-7-12-23/h2-18,26-28H,1H3/t26-,27-,28-/m0/s1. The predicted molar refractivity (Wildman–Crippen MR) is 149 cm³/mol. The van der Waals surface area contributed by atoms with Gasteiger partial charge in [-0.15, -0.1) is 0 Å². The van der Waals surface area contributed by atoms with Crippen molar-refractivity contribution in [3.05, 3.63) is 119 Å². The highest BCUT2D eigenvalue weighted by Gasteiger charge is 2.60. The van der Waals surface area contributed by atoms with Crippen molar-refractivity contribution < 1.29 is 27.0 Å². The fourth-order valence-corrected chi connectivity index (χ4v) is 6.23. The summed E-state index contributed by atoms with van der Waals surface area (Å²) in [4.78, 5) is 34.8. The van der Waals surface area contributed by atoms with E-state index in [9.17, 15) is 18.0 Å². The van der Waals surface area contributed by atoms with Crippen molar-refractivity contribution >= 4 is 44.9 Å². The fraction of sp³-hybridized carbons (Fsp3) is 0.133. The Morgan fingerprint density at radius 2 is 1.45 bits per heavy atom. The number of nitrogens with zero attached hydrogens (tertiary/aromatic N) is 2. The van der Waals surface area contributed by atoms with Gasteiger partial charge in [0.2, 0.25) is 5.91 Å². The van der Waals surface area contributed by atoms with Crippen LogP contribution in [-0.2, 0) is 24.5 Å². The molecule has 0 unspecified atom stereocenters. The lowest BCUT2D eigenvalue weighted by atomic mass is 9.90. The van der Waals surface area contributed by atoms with E-state index in [2.05, 4.69) is 0 Å². The number of anilines is 2. The Labute approximate surface area is 236 Å². The van der Waals surface area contributed by atoms with E-state index >= 15 is 0 Å². The lowest BCUT2D eigenvalue weighted by Gasteiger charge is -2.29. The maximum absolute atomic E-state index is 13.9. The normalized spacial score (nSPS) is 20.6. The van der Waals surface area contributed by atoms with E-state index in [1.807, 2.05) is 30.3 Å². The summed E-state index contributed by atoms with van der Waals surface area (Å²) in [5.41, 5.74) is 2.34. The minimum atomic E-state index is -4.03. The van der Waals surface area contributed by atoms with Gasteiger partial charge in [-0.3, -0.25) is 14.4 Å². The van der Waals surface area contributed by atoms with Gasteiger partial charge in [0.25, 0.3) is 5.91 Å². The molecule has 8 nitrogen and oxygen atoms in total. The van der Waals surface area contributed by atoms with Crippen molar-refractivity contribution in [3.8, 4) is 5.75 Å². The number of para-hydroxylation sites is 1. The molecule has 2 amide bonds. The molecule has 0 radical (unpaired) electrons. The van der Waals surface area contributed by atoms with E-state index in [0.717, 1.165) is 4.90 Å². The molecule has 4 aromatic rings. The van der Waals surface area contributed by atoms with E-state index in [1.54, 1.807) is 60.5 Å². The maximum Gasteiger partial charge on any atom is 0.339 e. The number of hydroxylamine groups is 1. The first-order chi connectivity index (χ1) is 19.3. The second-order valence-corrected chi connectivity index (χ2v) is 11.4. The van der Waals surface area contributed by atoms with Crippen molar-refractivity contribution in [2.24, 2.45) is 5.92 Å². The Morgan fingerprint density at radius 1 is 0.800 bits per heavy atom. The van der Waals surface area contributed by atoms with Crippen LogP contribution in [0.3, 0.4) is 0 Å². The quantitative estimate of drug-likeness (QED) is 0.223. The topological polar surface area (TPSA) is 93.2 Å². The van der Waals surface area contributed by atoms with Crippen LogP contribution in [0, 0.1) is 12.8 Å². The number of hydrogen-bond acceptors (Lipinski definition) is 7. The third kappa shape index (κ3) is 4.42. The highest BCUT2D eigenvalue weighted by Crippen LogP contribution is 2.48. The molecule has 2 aliphatic rings. The van der Waals surface area contributed by atoms with Gasteiger partial charge in [0.15, 0.2) is 6.10 Å². The Balaban J connectivity index is 1.36. The molecular formula is C30H23ClN2O6S. The number of fused-ring (bicyclic) bond motifs is 1. The summed E-state index contributed by atoms with van der Waals surface area (Å²) in [5, 5.41) is 2.02. The molecule has 3 atom stereocenters. The lowest BCUT2D eigenvalue weighted by molar-refractivity contribution is -0.126. The molecule has 0 aliphatic carbocycles. The highest BCUT2D eigenvalue weighted by molar-refractivity contribution is 7.87. The summed E-state index contributed by atoms with van der Waals surface area (Å²) in [6.07, 6.45) is -1.05. The lowest BCUT2D eigenvalue weighted by Crippen LogP contribution is -2.37. The molecule has 6 rings (SSSR count). The van der Waals surface area contributed by atoms with Gasteiger partial charge in [0, 0.05) is 5.02 Å². The number of imide groups is 1. The second kappa shape index (κ2) is 10.1. The molecule has 40 heavy (non-hydrogen) atoms. The van der Waals surface area contributed by atoms with E-state index < -0.39 is 40.0 Å². The Morgan fingerprint density at radius 3 is 2.12 bits per heavy atom. The first-order valence-corrected chi connectivity index (χ1v) is 14.3. The number of benzene rings is 4. The third-order valence-corrected chi connectivity index (χ3v) is 8.74. The Bertz CT molecular complexity index is 1700. The number of carbonyl (C=O) groups excluding carboxylic acids is 2. The van der Waals surface area contributed by atoms with Crippen molar-refractivity contribution in [1.29, 1.82) is 0 Å². The van der Waals surface area contributed by atoms with Crippen molar-refractivity contribution in [3.63, 3.8) is 0 Å². The van der Waals surface area contributed by atoms with Crippen LogP contribution in [-0.4, -0.2) is 26.3 Å². The number of rotatable bonds is 6. The first-order valence-electron chi connectivity index (χ1n) is 12.5. The van der Waals surface area contributed by atoms with Gasteiger partial charge < -0.3 is 4.18 Å². The average molecular weight is 575 g/mol. The number of halogens is 1. The van der Waals surface area contributed by atoms with Gasteiger partial charge >= 0.3 is 10.1 Å². The molecule has 10 heteroatoms. The average Bonchev–Trinajstić information content (AvgIpc) is 3.47. The second-order valence-electron chi connectivity index (χ2n) is 9.47. The molecule has 0 bridgehead atoms. The summed E-state index contributed by atoms with van der Waals surface area (Å²) >= 11 is 6.29. The van der Waals surface area contributed by atoms with Crippen LogP contribution in [0.5, 0.6) is 5.75 Å². The zero-order chi connectivity index (χ0) is 28.0. The van der Waals surface area contributed by atoms with Gasteiger partial charge in [0.05, 0.1) is 17.4 Å². The zero-order valence-electron chi connectivity index (χ0n) is 21.2. The van der Waals surface area contributed by atoms with Crippen molar-refractivity contribution in [2.45, 2.75) is 24.0 Å². The smallest absolute Gasteiger partial charge is 0.339 e. The predicted octanol–water partition coefficient (Wildman–Crippen LogP) is 5.47. The van der Waals surface area contributed by atoms with E-state index in [0.29, 0.717) is 27.5 Å². The van der Waals surface area contributed by atoms with Crippen LogP contribution in [0.4, 0.5) is 11.4 Å². The molecular weight excluding hydrogens is 552 g/mol. The molecule has 0 N–H and O–H groups in total. The third-order valence-electron chi connectivity index (χ3n) is 7.07. The zero-order valence-corrected chi connectivity index (χ0v) is 22.7. The van der Waals surface area contributed by atoms with Crippen molar-refractivity contribution in [1.82, 2.24) is 0 Å². The van der Waals surface area contributed by atoms with Crippen LogP contribution in [0.25, 0.3) is 0 Å². The number of hydrogen-bond donors (Lipinski definition) is 0. The van der Waals surface area contributed by atoms with E-state index in [1.165, 1.54) is 24.3 Å². The van der Waals surface area contributed by atoms with Gasteiger partial charge in [-0.25, -0.2) is 9.96 Å². The van der Waals surface area contributed by atoms with Gasteiger partial charge in [0.1, 0.15) is 16.6 Å².